The Morgan fingerprint density at radius 3 is 2.45 bits per heavy atom. The number of rotatable bonds is 5. The summed E-state index contributed by atoms with van der Waals surface area (Å²) in [6.07, 6.45) is 0.132. The van der Waals surface area contributed by atoms with E-state index in [2.05, 4.69) is 11.2 Å². The molecule has 0 amide bonds. The topological polar surface area (TPSA) is 64.1 Å². The van der Waals surface area contributed by atoms with E-state index in [0.717, 1.165) is 17.0 Å². The molecule has 0 saturated carbocycles. The summed E-state index contributed by atoms with van der Waals surface area (Å²) in [5, 5.41) is 14.7. The van der Waals surface area contributed by atoms with Gasteiger partial charge in [0.05, 0.1) is 11.8 Å². The van der Waals surface area contributed by atoms with Crippen LogP contribution >= 0.6 is 0 Å². The van der Waals surface area contributed by atoms with Crippen LogP contribution in [0.3, 0.4) is 0 Å². The number of aliphatic hydroxyl groups excluding tert-OH is 1. The number of aromatic nitrogens is 2. The first-order valence-electron chi connectivity index (χ1n) is 6.93. The van der Waals surface area contributed by atoms with Gasteiger partial charge in [0.25, 0.3) is 0 Å². The van der Waals surface area contributed by atoms with Crippen LogP contribution < -0.4 is 5.73 Å². The van der Waals surface area contributed by atoms with Crippen molar-refractivity contribution in [3.63, 3.8) is 0 Å². The molecule has 2 rings (SSSR count). The van der Waals surface area contributed by atoms with Crippen LogP contribution in [0, 0.1) is 6.92 Å². The lowest BCUT2D eigenvalue weighted by Gasteiger charge is -2.36. The van der Waals surface area contributed by atoms with Crippen molar-refractivity contribution in [3.8, 4) is 0 Å². The highest BCUT2D eigenvalue weighted by atomic mass is 16.3. The van der Waals surface area contributed by atoms with Crippen LogP contribution in [0.2, 0.25) is 0 Å². The lowest BCUT2D eigenvalue weighted by molar-refractivity contribution is 0.0988. The number of aryl methyl sites for hydroxylation is 2. The predicted octanol–water partition coefficient (Wildman–Crippen LogP) is 1.55. The third-order valence-electron chi connectivity index (χ3n) is 4.11. The summed E-state index contributed by atoms with van der Waals surface area (Å²) in [5.41, 5.74) is 8.70. The Morgan fingerprint density at radius 1 is 1.35 bits per heavy atom. The average molecular weight is 273 g/mol. The Hall–Kier alpha value is -1.65. The van der Waals surface area contributed by atoms with Crippen LogP contribution in [0.4, 0.5) is 0 Å². The van der Waals surface area contributed by atoms with Crippen LogP contribution in [-0.4, -0.2) is 27.5 Å². The minimum Gasteiger partial charge on any atom is -0.392 e. The minimum absolute atomic E-state index is 0.388. The molecule has 1 aromatic carbocycles. The minimum atomic E-state index is -0.537. The van der Waals surface area contributed by atoms with Gasteiger partial charge in [-0.15, -0.1) is 0 Å². The molecule has 0 aliphatic heterocycles. The molecular formula is C16H23N3O. The number of benzene rings is 1. The standard InChI is InChI=1S/C16H23N3O/c1-12-9-15(19(3)18-12)10-16(11-17,13(2)20)14-7-5-4-6-8-14/h4-9,13,20H,10-11,17H2,1-3H3. The average Bonchev–Trinajstić information content (AvgIpc) is 2.74. The first kappa shape index (κ1) is 14.8. The number of hydrogen-bond acceptors (Lipinski definition) is 3. The smallest absolute Gasteiger partial charge is 0.0624 e. The van der Waals surface area contributed by atoms with E-state index in [0.29, 0.717) is 13.0 Å². The zero-order valence-electron chi connectivity index (χ0n) is 12.4. The fourth-order valence-corrected chi connectivity index (χ4v) is 2.77. The zero-order valence-corrected chi connectivity index (χ0v) is 12.4. The van der Waals surface area contributed by atoms with Crippen LogP contribution in [0.25, 0.3) is 0 Å². The molecule has 2 atom stereocenters. The maximum absolute atomic E-state index is 10.4. The molecule has 108 valence electrons. The Bertz CT molecular complexity index is 562. The van der Waals surface area contributed by atoms with Crippen molar-refractivity contribution in [3.05, 3.63) is 53.3 Å². The highest BCUT2D eigenvalue weighted by Gasteiger charge is 2.37. The van der Waals surface area contributed by atoms with Crippen molar-refractivity contribution in [2.75, 3.05) is 6.54 Å². The van der Waals surface area contributed by atoms with Crippen molar-refractivity contribution in [1.29, 1.82) is 0 Å². The van der Waals surface area contributed by atoms with Crippen LogP contribution in [-0.2, 0) is 18.9 Å². The largest absolute Gasteiger partial charge is 0.392 e. The molecule has 0 spiro atoms. The van der Waals surface area contributed by atoms with E-state index in [9.17, 15) is 5.11 Å². The number of aliphatic hydroxyl groups is 1. The lowest BCUT2D eigenvalue weighted by Crippen LogP contribution is -2.46. The Balaban J connectivity index is 2.45. The molecule has 0 aliphatic carbocycles. The molecule has 0 saturated heterocycles. The number of nitrogens with two attached hydrogens (primary N) is 1. The molecule has 2 unspecified atom stereocenters. The molecule has 0 aliphatic rings. The molecule has 2 aromatic rings. The van der Waals surface area contributed by atoms with Crippen LogP contribution in [0.5, 0.6) is 0 Å². The van der Waals surface area contributed by atoms with Gasteiger partial charge in [-0.2, -0.15) is 5.10 Å². The summed E-state index contributed by atoms with van der Waals surface area (Å²) in [6, 6.07) is 12.1. The molecule has 0 bridgehead atoms. The van der Waals surface area contributed by atoms with E-state index in [1.54, 1.807) is 0 Å². The van der Waals surface area contributed by atoms with E-state index in [-0.39, 0.29) is 0 Å². The van der Waals surface area contributed by atoms with Gasteiger partial charge in [-0.25, -0.2) is 0 Å². The Morgan fingerprint density at radius 2 is 2.00 bits per heavy atom. The van der Waals surface area contributed by atoms with Gasteiger partial charge in [-0.05, 0) is 25.5 Å². The molecular weight excluding hydrogens is 250 g/mol. The van der Waals surface area contributed by atoms with E-state index < -0.39 is 11.5 Å². The second kappa shape index (κ2) is 5.77. The molecule has 1 heterocycles. The molecule has 0 fully saturated rings. The summed E-state index contributed by atoms with van der Waals surface area (Å²) < 4.78 is 1.87. The van der Waals surface area contributed by atoms with E-state index in [4.69, 9.17) is 5.73 Å². The summed E-state index contributed by atoms with van der Waals surface area (Å²) in [7, 11) is 1.93. The van der Waals surface area contributed by atoms with Gasteiger partial charge in [-0.3, -0.25) is 4.68 Å². The molecule has 3 N–H and O–H groups in total. The molecule has 4 nitrogen and oxygen atoms in total. The first-order chi connectivity index (χ1) is 9.49. The van der Waals surface area contributed by atoms with Crippen molar-refractivity contribution in [2.24, 2.45) is 12.8 Å². The van der Waals surface area contributed by atoms with Gasteiger partial charge < -0.3 is 10.8 Å². The predicted molar refractivity (Wildman–Crippen MR) is 80.5 cm³/mol. The summed E-state index contributed by atoms with van der Waals surface area (Å²) >= 11 is 0. The van der Waals surface area contributed by atoms with E-state index in [1.165, 1.54) is 0 Å². The van der Waals surface area contributed by atoms with Gasteiger partial charge in [0, 0.05) is 31.1 Å². The van der Waals surface area contributed by atoms with Crippen LogP contribution in [0.15, 0.2) is 36.4 Å². The fourth-order valence-electron chi connectivity index (χ4n) is 2.77. The summed E-state index contributed by atoms with van der Waals surface area (Å²) in [5.74, 6) is 0. The molecule has 1 aromatic heterocycles. The van der Waals surface area contributed by atoms with Crippen molar-refractivity contribution in [1.82, 2.24) is 9.78 Å². The van der Waals surface area contributed by atoms with E-state index >= 15 is 0 Å². The monoisotopic (exact) mass is 273 g/mol. The summed E-state index contributed by atoms with van der Waals surface area (Å²) in [6.45, 7) is 4.17. The number of hydrogen-bond donors (Lipinski definition) is 2. The summed E-state index contributed by atoms with van der Waals surface area (Å²) in [4.78, 5) is 0. The van der Waals surface area contributed by atoms with Crippen molar-refractivity contribution < 1.29 is 5.11 Å². The van der Waals surface area contributed by atoms with Gasteiger partial charge in [0.2, 0.25) is 0 Å². The van der Waals surface area contributed by atoms with E-state index in [1.807, 2.05) is 55.9 Å². The molecule has 0 radical (unpaired) electrons. The third-order valence-corrected chi connectivity index (χ3v) is 4.11. The number of nitrogens with zero attached hydrogens (tertiary/aromatic N) is 2. The van der Waals surface area contributed by atoms with Gasteiger partial charge >= 0.3 is 0 Å². The molecule has 20 heavy (non-hydrogen) atoms. The quantitative estimate of drug-likeness (QED) is 0.868. The van der Waals surface area contributed by atoms with Gasteiger partial charge in [0.15, 0.2) is 0 Å². The fraction of sp³-hybridized carbons (Fsp3) is 0.438. The third kappa shape index (κ3) is 2.62. The Kier molecular flexibility index (Phi) is 4.26. The van der Waals surface area contributed by atoms with Crippen LogP contribution in [0.1, 0.15) is 23.9 Å². The highest BCUT2D eigenvalue weighted by Crippen LogP contribution is 2.31. The maximum Gasteiger partial charge on any atom is 0.0624 e. The first-order valence-corrected chi connectivity index (χ1v) is 6.93. The SMILES string of the molecule is Cc1cc(CC(CN)(c2ccccc2)C(C)O)n(C)n1. The zero-order chi connectivity index (χ0) is 14.8. The van der Waals surface area contributed by atoms with Gasteiger partial charge in [0.1, 0.15) is 0 Å². The van der Waals surface area contributed by atoms with Crippen molar-refractivity contribution in [2.45, 2.75) is 31.8 Å². The second-order valence-electron chi connectivity index (χ2n) is 5.48. The highest BCUT2D eigenvalue weighted by molar-refractivity contribution is 5.30. The maximum atomic E-state index is 10.4. The second-order valence-corrected chi connectivity index (χ2v) is 5.48. The van der Waals surface area contributed by atoms with Crippen molar-refractivity contribution >= 4 is 0 Å². The van der Waals surface area contributed by atoms with Gasteiger partial charge in [-0.1, -0.05) is 30.3 Å². The lowest BCUT2D eigenvalue weighted by atomic mass is 9.72. The molecule has 4 heteroatoms. The Labute approximate surface area is 120 Å². The normalized spacial score (nSPS) is 15.8.